The van der Waals surface area contributed by atoms with E-state index in [1.807, 2.05) is 31.2 Å². The third-order valence-electron chi connectivity index (χ3n) is 5.28. The molecule has 0 aromatic heterocycles. The van der Waals surface area contributed by atoms with E-state index < -0.39 is 6.10 Å². The summed E-state index contributed by atoms with van der Waals surface area (Å²) in [5.74, 6) is 1.80. The van der Waals surface area contributed by atoms with Gasteiger partial charge in [0, 0.05) is 44.8 Å². The smallest absolute Gasteiger partial charge is 0.123 e. The highest BCUT2D eigenvalue weighted by Crippen LogP contribution is 2.21. The van der Waals surface area contributed by atoms with Crippen molar-refractivity contribution in [1.82, 2.24) is 9.80 Å². The van der Waals surface area contributed by atoms with Gasteiger partial charge in [-0.3, -0.25) is 9.80 Å². The minimum absolute atomic E-state index is 0.325. The molecule has 0 radical (unpaired) electrons. The maximum Gasteiger partial charge on any atom is 0.123 e. The number of piperazine rings is 1. The number of aryl methyl sites for hydroxylation is 2. The van der Waals surface area contributed by atoms with Crippen LogP contribution in [0.3, 0.4) is 0 Å². The van der Waals surface area contributed by atoms with Crippen LogP contribution in [0.2, 0.25) is 0 Å². The van der Waals surface area contributed by atoms with Gasteiger partial charge in [-0.2, -0.15) is 0 Å². The highest BCUT2D eigenvalue weighted by molar-refractivity contribution is 5.35. The number of hydrogen-bond acceptors (Lipinski definition) is 5. The van der Waals surface area contributed by atoms with E-state index in [4.69, 9.17) is 9.47 Å². The molecule has 1 aliphatic heterocycles. The minimum Gasteiger partial charge on any atom is -0.496 e. The molecule has 1 N–H and O–H groups in total. The van der Waals surface area contributed by atoms with E-state index in [2.05, 4.69) is 34.9 Å². The second-order valence-corrected chi connectivity index (χ2v) is 7.62. The second kappa shape index (κ2) is 9.92. The van der Waals surface area contributed by atoms with E-state index in [1.165, 1.54) is 11.1 Å². The maximum atomic E-state index is 10.4. The van der Waals surface area contributed by atoms with Crippen LogP contribution in [0.1, 0.15) is 16.7 Å². The lowest BCUT2D eigenvalue weighted by atomic mass is 10.1. The summed E-state index contributed by atoms with van der Waals surface area (Å²) >= 11 is 0. The van der Waals surface area contributed by atoms with Crippen LogP contribution in [0.4, 0.5) is 0 Å². The molecule has 5 nitrogen and oxygen atoms in total. The van der Waals surface area contributed by atoms with Gasteiger partial charge in [0.15, 0.2) is 0 Å². The molecule has 28 heavy (non-hydrogen) atoms. The summed E-state index contributed by atoms with van der Waals surface area (Å²) < 4.78 is 11.3. The van der Waals surface area contributed by atoms with Crippen LogP contribution in [0, 0.1) is 13.8 Å². The lowest BCUT2D eigenvalue weighted by molar-refractivity contribution is 0.0443. The molecular weight excluding hydrogens is 352 g/mol. The van der Waals surface area contributed by atoms with Crippen molar-refractivity contribution in [3.63, 3.8) is 0 Å². The average Bonchev–Trinajstić information content (AvgIpc) is 2.69. The molecule has 0 bridgehead atoms. The summed E-state index contributed by atoms with van der Waals surface area (Å²) in [6, 6.07) is 14.3. The van der Waals surface area contributed by atoms with Crippen molar-refractivity contribution in [2.75, 3.05) is 46.4 Å². The summed E-state index contributed by atoms with van der Waals surface area (Å²) in [5.41, 5.74) is 3.55. The molecule has 152 valence electrons. The molecule has 1 atom stereocenters. The van der Waals surface area contributed by atoms with Crippen molar-refractivity contribution < 1.29 is 14.6 Å². The fourth-order valence-corrected chi connectivity index (χ4v) is 3.70. The zero-order valence-electron chi connectivity index (χ0n) is 17.2. The van der Waals surface area contributed by atoms with Crippen LogP contribution < -0.4 is 9.47 Å². The Bertz CT molecular complexity index is 757. The summed E-state index contributed by atoms with van der Waals surface area (Å²) in [6.45, 7) is 9.86. The predicted octanol–water partition coefficient (Wildman–Crippen LogP) is 2.87. The Morgan fingerprint density at radius 3 is 2.39 bits per heavy atom. The van der Waals surface area contributed by atoms with E-state index in [9.17, 15) is 5.11 Å². The number of rotatable bonds is 8. The molecule has 2 aromatic rings. The first-order valence-electron chi connectivity index (χ1n) is 10.00. The standard InChI is InChI=1S/C23H32N2O3/c1-18-8-9-22(19(2)14-18)28-17-21(26)16-25-12-10-24(11-13-25)15-20-6-4-5-7-23(20)27-3/h4-9,14,21,26H,10-13,15-17H2,1-3H3. The van der Waals surface area contributed by atoms with Gasteiger partial charge < -0.3 is 14.6 Å². The van der Waals surface area contributed by atoms with Gasteiger partial charge in [-0.15, -0.1) is 0 Å². The molecule has 5 heteroatoms. The Kier molecular flexibility index (Phi) is 7.31. The number of ether oxygens (including phenoxy) is 2. The number of methoxy groups -OCH3 is 1. The Balaban J connectivity index is 1.41. The summed E-state index contributed by atoms with van der Waals surface area (Å²) in [7, 11) is 1.72. The molecule has 1 heterocycles. The molecular formula is C23H32N2O3. The van der Waals surface area contributed by atoms with Gasteiger partial charge >= 0.3 is 0 Å². The van der Waals surface area contributed by atoms with Gasteiger partial charge in [-0.05, 0) is 31.5 Å². The largest absolute Gasteiger partial charge is 0.496 e. The topological polar surface area (TPSA) is 45.2 Å². The predicted molar refractivity (Wildman–Crippen MR) is 112 cm³/mol. The van der Waals surface area contributed by atoms with Crippen LogP contribution in [0.5, 0.6) is 11.5 Å². The van der Waals surface area contributed by atoms with Crippen LogP contribution in [0.15, 0.2) is 42.5 Å². The van der Waals surface area contributed by atoms with Crippen molar-refractivity contribution in [2.24, 2.45) is 0 Å². The molecule has 1 aliphatic rings. The third-order valence-corrected chi connectivity index (χ3v) is 5.28. The Morgan fingerprint density at radius 1 is 0.964 bits per heavy atom. The highest BCUT2D eigenvalue weighted by atomic mass is 16.5. The van der Waals surface area contributed by atoms with Gasteiger partial charge in [0.05, 0.1) is 7.11 Å². The molecule has 0 aliphatic carbocycles. The highest BCUT2D eigenvalue weighted by Gasteiger charge is 2.20. The third kappa shape index (κ3) is 5.71. The molecule has 0 spiro atoms. The molecule has 3 rings (SSSR count). The van der Waals surface area contributed by atoms with Crippen LogP contribution in [-0.2, 0) is 6.54 Å². The summed E-state index contributed by atoms with van der Waals surface area (Å²) in [4.78, 5) is 4.75. The number of aliphatic hydroxyl groups is 1. The number of β-amino-alcohol motifs (C(OH)–C–C–N with tert-alkyl or cyclic N) is 1. The lowest BCUT2D eigenvalue weighted by Crippen LogP contribution is -2.48. The Morgan fingerprint density at radius 2 is 1.68 bits per heavy atom. The van der Waals surface area contributed by atoms with E-state index in [0.717, 1.165) is 49.8 Å². The molecule has 0 saturated carbocycles. The monoisotopic (exact) mass is 384 g/mol. The van der Waals surface area contributed by atoms with Crippen molar-refractivity contribution in [1.29, 1.82) is 0 Å². The summed E-state index contributed by atoms with van der Waals surface area (Å²) in [6.07, 6.45) is -0.485. The van der Waals surface area contributed by atoms with Gasteiger partial charge in [-0.1, -0.05) is 35.9 Å². The van der Waals surface area contributed by atoms with Crippen molar-refractivity contribution in [2.45, 2.75) is 26.5 Å². The number of nitrogens with zero attached hydrogens (tertiary/aromatic N) is 2. The number of aliphatic hydroxyl groups excluding tert-OH is 1. The quantitative estimate of drug-likeness (QED) is 0.758. The van der Waals surface area contributed by atoms with Crippen LogP contribution in [-0.4, -0.2) is 67.5 Å². The van der Waals surface area contributed by atoms with Gasteiger partial charge in [0.1, 0.15) is 24.2 Å². The first-order valence-corrected chi connectivity index (χ1v) is 10.00. The first-order chi connectivity index (χ1) is 13.5. The molecule has 1 fully saturated rings. The van der Waals surface area contributed by atoms with E-state index in [-0.39, 0.29) is 0 Å². The molecule has 2 aromatic carbocycles. The molecule has 0 amide bonds. The normalized spacial score (nSPS) is 16.7. The first kappa shape index (κ1) is 20.6. The zero-order chi connectivity index (χ0) is 19.9. The fourth-order valence-electron chi connectivity index (χ4n) is 3.70. The zero-order valence-corrected chi connectivity index (χ0v) is 17.2. The van der Waals surface area contributed by atoms with Gasteiger partial charge in [0.25, 0.3) is 0 Å². The maximum absolute atomic E-state index is 10.4. The Labute approximate surface area is 168 Å². The fraction of sp³-hybridized carbons (Fsp3) is 0.478. The summed E-state index contributed by atoms with van der Waals surface area (Å²) in [5, 5.41) is 10.4. The van der Waals surface area contributed by atoms with Crippen molar-refractivity contribution in [3.8, 4) is 11.5 Å². The number of benzene rings is 2. The van der Waals surface area contributed by atoms with Crippen LogP contribution >= 0.6 is 0 Å². The van der Waals surface area contributed by atoms with Gasteiger partial charge in [0.2, 0.25) is 0 Å². The van der Waals surface area contributed by atoms with Crippen LogP contribution in [0.25, 0.3) is 0 Å². The van der Waals surface area contributed by atoms with Crippen molar-refractivity contribution in [3.05, 3.63) is 59.2 Å². The molecule has 1 saturated heterocycles. The van der Waals surface area contributed by atoms with Crippen molar-refractivity contribution >= 4 is 0 Å². The lowest BCUT2D eigenvalue weighted by Gasteiger charge is -2.35. The SMILES string of the molecule is COc1ccccc1CN1CCN(CC(O)COc2ccc(C)cc2C)CC1. The van der Waals surface area contributed by atoms with E-state index in [1.54, 1.807) is 7.11 Å². The Hall–Kier alpha value is -2.08. The number of hydrogen-bond donors (Lipinski definition) is 1. The average molecular weight is 385 g/mol. The van der Waals surface area contributed by atoms with E-state index in [0.29, 0.717) is 13.2 Å². The molecule has 1 unspecified atom stereocenters. The second-order valence-electron chi connectivity index (χ2n) is 7.62. The van der Waals surface area contributed by atoms with Gasteiger partial charge in [-0.25, -0.2) is 0 Å². The van der Waals surface area contributed by atoms with E-state index >= 15 is 0 Å². The minimum atomic E-state index is -0.485. The number of para-hydroxylation sites is 1.